The van der Waals surface area contributed by atoms with Gasteiger partial charge in [-0.05, 0) is 83.9 Å². The molecule has 0 aliphatic rings. The van der Waals surface area contributed by atoms with Crippen LogP contribution in [0.3, 0.4) is 0 Å². The van der Waals surface area contributed by atoms with Crippen LogP contribution in [0.25, 0.3) is 122 Å². The highest BCUT2D eigenvalue weighted by Crippen LogP contribution is 2.41. The van der Waals surface area contributed by atoms with E-state index in [9.17, 15) is 0 Å². The Hall–Kier alpha value is -8.61. The van der Waals surface area contributed by atoms with E-state index in [4.69, 9.17) is 19.4 Å². The Labute approximate surface area is 361 Å². The van der Waals surface area contributed by atoms with Gasteiger partial charge in [0.05, 0.1) is 22.1 Å². The monoisotopic (exact) mass is 805 g/mol. The molecule has 0 bridgehead atoms. The molecule has 0 saturated carbocycles. The molecule has 0 unspecified atom stereocenters. The third-order valence-corrected chi connectivity index (χ3v) is 12.4. The van der Waals surface area contributed by atoms with Gasteiger partial charge in [-0.15, -0.1) is 0 Å². The SMILES string of the molecule is c1ccc(-c2nc(-c3cccc(-n4c5ccccc5c5ccccc54)c3)nc(-c3cccc4oc5ccc(-c6ccc7c(c6)c6ccccc6n7-c6ccccc6)cc5c34)n2)cc1. The van der Waals surface area contributed by atoms with E-state index in [0.717, 1.165) is 72.2 Å². The van der Waals surface area contributed by atoms with E-state index in [-0.39, 0.29) is 0 Å². The van der Waals surface area contributed by atoms with Gasteiger partial charge >= 0.3 is 0 Å². The van der Waals surface area contributed by atoms with E-state index in [1.54, 1.807) is 0 Å². The molecule has 6 heteroatoms. The van der Waals surface area contributed by atoms with Crippen LogP contribution in [0, 0.1) is 0 Å². The summed E-state index contributed by atoms with van der Waals surface area (Å²) in [7, 11) is 0. The number of hydrogen-bond acceptors (Lipinski definition) is 4. The summed E-state index contributed by atoms with van der Waals surface area (Å²) in [4.78, 5) is 15.6. The Morgan fingerprint density at radius 3 is 1.52 bits per heavy atom. The van der Waals surface area contributed by atoms with Gasteiger partial charge in [-0.25, -0.2) is 15.0 Å². The van der Waals surface area contributed by atoms with Gasteiger partial charge in [0, 0.05) is 60.4 Å². The molecule has 0 spiro atoms. The standard InChI is InChI=1S/C57H35N5O/c1-3-15-36(16-4-1)55-58-56(39-17-13-20-41(33-39)62-48-25-10-7-21-42(48)43-22-8-11-26-49(43)62)60-57(59-55)45-24-14-28-53-54(45)47-35-38(30-32-52(47)63-53)37-29-31-51-46(34-37)44-23-9-12-27-50(44)61(51)40-18-5-2-6-19-40/h1-35H. The second kappa shape index (κ2) is 14.0. The number of para-hydroxylation sites is 4. The largest absolute Gasteiger partial charge is 0.456 e. The molecule has 0 aliphatic carbocycles. The van der Waals surface area contributed by atoms with Crippen molar-refractivity contribution in [2.45, 2.75) is 0 Å². The minimum atomic E-state index is 0.579. The molecule has 0 atom stereocenters. The highest BCUT2D eigenvalue weighted by molar-refractivity contribution is 6.14. The average molecular weight is 806 g/mol. The number of hydrogen-bond donors (Lipinski definition) is 0. The van der Waals surface area contributed by atoms with Gasteiger partial charge in [0.2, 0.25) is 0 Å². The second-order valence-electron chi connectivity index (χ2n) is 16.0. The van der Waals surface area contributed by atoms with Gasteiger partial charge in [0.25, 0.3) is 0 Å². The zero-order valence-electron chi connectivity index (χ0n) is 33.9. The topological polar surface area (TPSA) is 61.7 Å². The van der Waals surface area contributed by atoms with E-state index < -0.39 is 0 Å². The van der Waals surface area contributed by atoms with E-state index >= 15 is 0 Å². The Bertz CT molecular complexity index is 3860. The van der Waals surface area contributed by atoms with Gasteiger partial charge in [0.1, 0.15) is 11.2 Å². The maximum Gasteiger partial charge on any atom is 0.164 e. The lowest BCUT2D eigenvalue weighted by Crippen LogP contribution is -2.01. The first-order chi connectivity index (χ1) is 31.2. The van der Waals surface area contributed by atoms with Gasteiger partial charge in [-0.1, -0.05) is 140 Å². The smallest absolute Gasteiger partial charge is 0.164 e. The molecular weight excluding hydrogens is 771 g/mol. The molecule has 0 N–H and O–H groups in total. The molecule has 63 heavy (non-hydrogen) atoms. The third kappa shape index (κ3) is 5.62. The fraction of sp³-hybridized carbons (Fsp3) is 0. The van der Waals surface area contributed by atoms with Crippen LogP contribution in [-0.4, -0.2) is 24.1 Å². The number of rotatable bonds is 6. The predicted octanol–water partition coefficient (Wildman–Crippen LogP) is 14.6. The van der Waals surface area contributed by atoms with Crippen molar-refractivity contribution in [3.05, 3.63) is 212 Å². The first-order valence-corrected chi connectivity index (χ1v) is 21.2. The van der Waals surface area contributed by atoms with Crippen LogP contribution >= 0.6 is 0 Å². The zero-order valence-corrected chi connectivity index (χ0v) is 33.9. The van der Waals surface area contributed by atoms with Crippen molar-refractivity contribution in [3.63, 3.8) is 0 Å². The highest BCUT2D eigenvalue weighted by atomic mass is 16.3. The molecule has 6 nitrogen and oxygen atoms in total. The molecule has 4 heterocycles. The summed E-state index contributed by atoms with van der Waals surface area (Å²) in [6.45, 7) is 0. The molecule has 0 fully saturated rings. The van der Waals surface area contributed by atoms with Crippen LogP contribution in [0.1, 0.15) is 0 Å². The Kier molecular flexibility index (Phi) is 7.80. The summed E-state index contributed by atoms with van der Waals surface area (Å²) in [6, 6.07) is 74.4. The quantitative estimate of drug-likeness (QED) is 0.168. The van der Waals surface area contributed by atoms with Crippen LogP contribution in [0.4, 0.5) is 0 Å². The van der Waals surface area contributed by atoms with Crippen molar-refractivity contribution in [1.29, 1.82) is 0 Å². The van der Waals surface area contributed by atoms with Crippen molar-refractivity contribution in [2.75, 3.05) is 0 Å². The van der Waals surface area contributed by atoms with Crippen molar-refractivity contribution < 1.29 is 4.42 Å². The number of nitrogens with zero attached hydrogens (tertiary/aromatic N) is 5. The summed E-state index contributed by atoms with van der Waals surface area (Å²) in [5.74, 6) is 1.77. The number of fused-ring (bicyclic) bond motifs is 9. The Morgan fingerprint density at radius 1 is 0.302 bits per heavy atom. The number of aromatic nitrogens is 5. The van der Waals surface area contributed by atoms with E-state index in [2.05, 4.69) is 179 Å². The molecule has 4 aromatic heterocycles. The van der Waals surface area contributed by atoms with Crippen molar-refractivity contribution >= 4 is 65.6 Å². The second-order valence-corrected chi connectivity index (χ2v) is 16.0. The van der Waals surface area contributed by atoms with Crippen LogP contribution in [0.5, 0.6) is 0 Å². The molecular formula is C57H35N5O. The van der Waals surface area contributed by atoms with E-state index in [0.29, 0.717) is 17.5 Å². The molecule has 13 aromatic rings. The van der Waals surface area contributed by atoms with E-state index in [1.807, 2.05) is 42.5 Å². The van der Waals surface area contributed by atoms with Crippen LogP contribution < -0.4 is 0 Å². The van der Waals surface area contributed by atoms with Crippen molar-refractivity contribution in [2.24, 2.45) is 0 Å². The minimum Gasteiger partial charge on any atom is -0.456 e. The maximum absolute atomic E-state index is 6.57. The fourth-order valence-corrected chi connectivity index (χ4v) is 9.53. The molecule has 0 amide bonds. The summed E-state index contributed by atoms with van der Waals surface area (Å²) in [5, 5.41) is 6.82. The Morgan fingerprint density at radius 2 is 0.810 bits per heavy atom. The van der Waals surface area contributed by atoms with Crippen molar-refractivity contribution in [1.82, 2.24) is 24.1 Å². The number of benzene rings is 9. The first kappa shape index (κ1) is 35.2. The highest BCUT2D eigenvalue weighted by Gasteiger charge is 2.20. The fourth-order valence-electron chi connectivity index (χ4n) is 9.53. The van der Waals surface area contributed by atoms with Crippen LogP contribution in [-0.2, 0) is 0 Å². The molecule has 9 aromatic carbocycles. The Balaban J connectivity index is 0.978. The zero-order chi connectivity index (χ0) is 41.4. The lowest BCUT2D eigenvalue weighted by Gasteiger charge is -2.12. The summed E-state index contributed by atoms with van der Waals surface area (Å²) in [6.07, 6.45) is 0. The number of furan rings is 1. The van der Waals surface area contributed by atoms with Gasteiger partial charge in [-0.2, -0.15) is 0 Å². The normalized spacial score (nSPS) is 11.8. The van der Waals surface area contributed by atoms with Crippen molar-refractivity contribution in [3.8, 4) is 56.7 Å². The average Bonchev–Trinajstić information content (AvgIpc) is 4.02. The lowest BCUT2D eigenvalue weighted by molar-refractivity contribution is 0.669. The summed E-state index contributed by atoms with van der Waals surface area (Å²) >= 11 is 0. The summed E-state index contributed by atoms with van der Waals surface area (Å²) < 4.78 is 11.2. The molecule has 0 radical (unpaired) electrons. The molecule has 294 valence electrons. The van der Waals surface area contributed by atoms with Crippen LogP contribution in [0.15, 0.2) is 217 Å². The first-order valence-electron chi connectivity index (χ1n) is 21.2. The van der Waals surface area contributed by atoms with Gasteiger partial charge in [0.15, 0.2) is 17.5 Å². The van der Waals surface area contributed by atoms with E-state index in [1.165, 1.54) is 32.6 Å². The minimum absolute atomic E-state index is 0.579. The summed E-state index contributed by atoms with van der Waals surface area (Å²) in [5.41, 5.74) is 13.3. The molecule has 0 saturated heterocycles. The molecule has 0 aliphatic heterocycles. The molecule has 13 rings (SSSR count). The van der Waals surface area contributed by atoms with Gasteiger partial charge < -0.3 is 13.6 Å². The predicted molar refractivity (Wildman–Crippen MR) is 258 cm³/mol. The van der Waals surface area contributed by atoms with Crippen LogP contribution in [0.2, 0.25) is 0 Å². The third-order valence-electron chi connectivity index (χ3n) is 12.4. The van der Waals surface area contributed by atoms with Gasteiger partial charge in [-0.3, -0.25) is 0 Å². The lowest BCUT2D eigenvalue weighted by atomic mass is 9.99. The maximum atomic E-state index is 6.57.